The van der Waals surface area contributed by atoms with Crippen LogP contribution in [-0.2, 0) is 17.7 Å². The summed E-state index contributed by atoms with van der Waals surface area (Å²) in [7, 11) is 0. The molecule has 0 saturated heterocycles. The molecule has 0 aromatic carbocycles. The SMILES string of the molecule is C=C(C)/C(OC(=C)C(C)(C)C)=C(/SC1CCc2nccn2C1)C(Cl)=CC. The highest BCUT2D eigenvalue weighted by Gasteiger charge is 2.26. The van der Waals surface area contributed by atoms with Crippen LogP contribution in [0, 0.1) is 5.41 Å². The summed E-state index contributed by atoms with van der Waals surface area (Å²) in [5.74, 6) is 2.58. The Kier molecular flexibility index (Phi) is 6.86. The van der Waals surface area contributed by atoms with E-state index in [-0.39, 0.29) is 5.41 Å². The van der Waals surface area contributed by atoms with Gasteiger partial charge in [-0.25, -0.2) is 4.98 Å². The average molecular weight is 393 g/mol. The van der Waals surface area contributed by atoms with Crippen molar-refractivity contribution in [3.63, 3.8) is 0 Å². The van der Waals surface area contributed by atoms with Crippen molar-refractivity contribution in [1.82, 2.24) is 9.55 Å². The number of nitrogens with zero attached hydrogens (tertiary/aromatic N) is 2. The minimum atomic E-state index is -0.157. The van der Waals surface area contributed by atoms with Crippen molar-refractivity contribution in [2.45, 2.75) is 59.3 Å². The number of allylic oxidation sites excluding steroid dienone is 4. The van der Waals surface area contributed by atoms with Gasteiger partial charge < -0.3 is 9.30 Å². The standard InChI is InChI=1S/C21H29ClN2OS/c1-8-17(22)20(19(14(2)3)25-15(4)21(5,6)7)26-16-9-10-18-23-11-12-24(18)13-16/h8,11-12,16H,2,4,9-10,13H2,1,3,5-7H3/b17-8?,20-19-. The Hall–Kier alpha value is -1.39. The number of aryl methyl sites for hydroxylation is 1. The molecule has 26 heavy (non-hydrogen) atoms. The number of imidazole rings is 1. The number of ether oxygens (including phenoxy) is 1. The van der Waals surface area contributed by atoms with E-state index in [1.165, 1.54) is 0 Å². The molecular formula is C21H29ClN2OS. The van der Waals surface area contributed by atoms with Crippen molar-refractivity contribution in [2.24, 2.45) is 5.41 Å². The summed E-state index contributed by atoms with van der Waals surface area (Å²) in [4.78, 5) is 5.34. The zero-order valence-electron chi connectivity index (χ0n) is 16.4. The van der Waals surface area contributed by atoms with Crippen molar-refractivity contribution in [3.05, 3.63) is 64.5 Å². The van der Waals surface area contributed by atoms with E-state index in [9.17, 15) is 0 Å². The summed E-state index contributed by atoms with van der Waals surface area (Å²) in [5.41, 5.74) is 0.687. The Morgan fingerprint density at radius 1 is 1.42 bits per heavy atom. The van der Waals surface area contributed by atoms with E-state index in [1.807, 2.05) is 32.3 Å². The fourth-order valence-corrected chi connectivity index (χ4v) is 4.13. The van der Waals surface area contributed by atoms with Crippen molar-refractivity contribution < 1.29 is 4.74 Å². The molecular weight excluding hydrogens is 364 g/mol. The topological polar surface area (TPSA) is 27.1 Å². The predicted octanol–water partition coefficient (Wildman–Crippen LogP) is 6.44. The molecule has 1 atom stereocenters. The molecule has 0 aliphatic carbocycles. The van der Waals surface area contributed by atoms with E-state index < -0.39 is 0 Å². The summed E-state index contributed by atoms with van der Waals surface area (Å²) in [6.07, 6.45) is 7.85. The van der Waals surface area contributed by atoms with Gasteiger partial charge in [-0.3, -0.25) is 0 Å². The number of halogens is 1. The Morgan fingerprint density at radius 2 is 2.12 bits per heavy atom. The number of fused-ring (bicyclic) bond motifs is 1. The molecule has 0 bridgehead atoms. The number of thioether (sulfide) groups is 1. The minimum Gasteiger partial charge on any atom is -0.460 e. The largest absolute Gasteiger partial charge is 0.460 e. The third kappa shape index (κ3) is 5.08. The third-order valence-electron chi connectivity index (χ3n) is 4.30. The lowest BCUT2D eigenvalue weighted by Gasteiger charge is -2.28. The molecule has 142 valence electrons. The van der Waals surface area contributed by atoms with E-state index in [1.54, 1.807) is 11.8 Å². The molecule has 1 unspecified atom stereocenters. The molecule has 0 radical (unpaired) electrons. The maximum absolute atomic E-state index is 6.58. The molecule has 1 aromatic rings. The normalized spacial score (nSPS) is 18.8. The van der Waals surface area contributed by atoms with Crippen molar-refractivity contribution in [2.75, 3.05) is 0 Å². The summed E-state index contributed by atoms with van der Waals surface area (Å²) < 4.78 is 8.40. The van der Waals surface area contributed by atoms with Crippen molar-refractivity contribution in [3.8, 4) is 0 Å². The van der Waals surface area contributed by atoms with E-state index in [0.717, 1.165) is 41.4 Å². The molecule has 0 spiro atoms. The Bertz CT molecular complexity index is 752. The van der Waals surface area contributed by atoms with Gasteiger partial charge in [-0.05, 0) is 25.8 Å². The van der Waals surface area contributed by atoms with Crippen LogP contribution < -0.4 is 0 Å². The van der Waals surface area contributed by atoms with Gasteiger partial charge in [0.1, 0.15) is 17.3 Å². The monoisotopic (exact) mass is 392 g/mol. The number of rotatable bonds is 6. The maximum Gasteiger partial charge on any atom is 0.144 e. The smallest absolute Gasteiger partial charge is 0.144 e. The van der Waals surface area contributed by atoms with E-state index in [0.29, 0.717) is 16.0 Å². The number of aromatic nitrogens is 2. The fourth-order valence-electron chi connectivity index (χ4n) is 2.55. The second-order valence-corrected chi connectivity index (χ2v) is 9.34. The van der Waals surface area contributed by atoms with Crippen LogP contribution in [0.1, 0.15) is 46.9 Å². The number of hydrogen-bond acceptors (Lipinski definition) is 3. The molecule has 5 heteroatoms. The van der Waals surface area contributed by atoms with Gasteiger partial charge in [0, 0.05) is 36.0 Å². The lowest BCUT2D eigenvalue weighted by atomic mass is 9.95. The van der Waals surface area contributed by atoms with Gasteiger partial charge in [-0.1, -0.05) is 51.6 Å². The van der Waals surface area contributed by atoms with E-state index in [4.69, 9.17) is 16.3 Å². The Morgan fingerprint density at radius 3 is 2.69 bits per heavy atom. The van der Waals surface area contributed by atoms with Crippen molar-refractivity contribution >= 4 is 23.4 Å². The molecule has 1 aromatic heterocycles. The average Bonchev–Trinajstić information content (AvgIpc) is 3.03. The molecule has 2 heterocycles. The van der Waals surface area contributed by atoms with Gasteiger partial charge in [0.2, 0.25) is 0 Å². The van der Waals surface area contributed by atoms with Gasteiger partial charge in [0.15, 0.2) is 0 Å². The second-order valence-electron chi connectivity index (χ2n) is 7.62. The quantitative estimate of drug-likeness (QED) is 0.411. The molecule has 1 aliphatic rings. The van der Waals surface area contributed by atoms with Gasteiger partial charge in [0.05, 0.1) is 9.94 Å². The molecule has 3 nitrogen and oxygen atoms in total. The van der Waals surface area contributed by atoms with Crippen LogP contribution in [0.25, 0.3) is 0 Å². The highest BCUT2D eigenvalue weighted by atomic mass is 35.5. The third-order valence-corrected chi connectivity index (χ3v) is 6.18. The Balaban J connectivity index is 2.32. The van der Waals surface area contributed by atoms with Gasteiger partial charge in [0.25, 0.3) is 0 Å². The van der Waals surface area contributed by atoms with Crippen LogP contribution in [0.2, 0.25) is 0 Å². The zero-order valence-corrected chi connectivity index (χ0v) is 18.0. The molecule has 0 amide bonds. The first-order valence-corrected chi connectivity index (χ1v) is 10.2. The molecule has 1 aliphatic heterocycles. The van der Waals surface area contributed by atoms with Crippen LogP contribution >= 0.6 is 23.4 Å². The molecule has 0 fully saturated rings. The summed E-state index contributed by atoms with van der Waals surface area (Å²) in [6, 6.07) is 0. The van der Waals surface area contributed by atoms with Crippen LogP contribution in [0.3, 0.4) is 0 Å². The zero-order chi connectivity index (χ0) is 19.5. The van der Waals surface area contributed by atoms with E-state index >= 15 is 0 Å². The summed E-state index contributed by atoms with van der Waals surface area (Å²) in [5, 5.41) is 1.09. The molecule has 2 rings (SSSR count). The van der Waals surface area contributed by atoms with Crippen LogP contribution in [0.15, 0.2) is 58.7 Å². The van der Waals surface area contributed by atoms with Gasteiger partial charge in [-0.15, -0.1) is 11.8 Å². The maximum atomic E-state index is 6.58. The number of hydrogen-bond donors (Lipinski definition) is 0. The van der Waals surface area contributed by atoms with Gasteiger partial charge >= 0.3 is 0 Å². The first kappa shape index (κ1) is 20.9. The Labute approximate surface area is 166 Å². The summed E-state index contributed by atoms with van der Waals surface area (Å²) >= 11 is 8.34. The highest BCUT2D eigenvalue weighted by molar-refractivity contribution is 8.04. The predicted molar refractivity (Wildman–Crippen MR) is 113 cm³/mol. The minimum absolute atomic E-state index is 0.157. The summed E-state index contributed by atoms with van der Waals surface area (Å²) in [6.45, 7) is 19.3. The van der Waals surface area contributed by atoms with Crippen LogP contribution in [0.5, 0.6) is 0 Å². The lowest BCUT2D eigenvalue weighted by molar-refractivity contribution is 0.225. The first-order chi connectivity index (χ1) is 12.1. The second kappa shape index (κ2) is 8.53. The highest BCUT2D eigenvalue weighted by Crippen LogP contribution is 2.40. The lowest BCUT2D eigenvalue weighted by Crippen LogP contribution is -2.22. The first-order valence-electron chi connectivity index (χ1n) is 8.89. The molecule has 0 N–H and O–H groups in total. The van der Waals surface area contributed by atoms with Crippen LogP contribution in [0.4, 0.5) is 0 Å². The van der Waals surface area contributed by atoms with E-state index in [2.05, 4.69) is 43.5 Å². The van der Waals surface area contributed by atoms with Crippen LogP contribution in [-0.4, -0.2) is 14.8 Å². The van der Waals surface area contributed by atoms with Gasteiger partial charge in [-0.2, -0.15) is 0 Å². The van der Waals surface area contributed by atoms with Crippen molar-refractivity contribution in [1.29, 1.82) is 0 Å². The fraction of sp³-hybridized carbons (Fsp3) is 0.476. The molecule has 0 saturated carbocycles.